The van der Waals surface area contributed by atoms with E-state index in [9.17, 15) is 0 Å². The van der Waals surface area contributed by atoms with Gasteiger partial charge in [0.25, 0.3) is 0 Å². The zero-order valence-corrected chi connectivity index (χ0v) is 9.27. The zero-order chi connectivity index (χ0) is 11.2. The number of hydrogen-bond donors (Lipinski definition) is 1. The van der Waals surface area contributed by atoms with Gasteiger partial charge in [-0.2, -0.15) is 0 Å². The van der Waals surface area contributed by atoms with E-state index in [1.807, 2.05) is 0 Å². The molecule has 1 aliphatic rings. The van der Waals surface area contributed by atoms with E-state index in [0.29, 0.717) is 0 Å². The monoisotopic (exact) mass is 221 g/mol. The van der Waals surface area contributed by atoms with Crippen molar-refractivity contribution in [3.05, 3.63) is 48.0 Å². The minimum atomic E-state index is 0.975. The fraction of sp³-hybridized carbons (Fsp3) is 0.143. The topological polar surface area (TPSA) is 41.6 Å². The van der Waals surface area contributed by atoms with Crippen molar-refractivity contribution in [2.45, 2.75) is 12.8 Å². The van der Waals surface area contributed by atoms with Crippen LogP contribution in [0.3, 0.4) is 0 Å². The van der Waals surface area contributed by atoms with E-state index >= 15 is 0 Å². The van der Waals surface area contributed by atoms with Crippen LogP contribution >= 0.6 is 0 Å². The van der Waals surface area contributed by atoms with E-state index in [1.165, 1.54) is 22.2 Å². The molecule has 0 radical (unpaired) electrons. The number of nitrogens with one attached hydrogen (secondary N) is 1. The van der Waals surface area contributed by atoms with Crippen LogP contribution in [0, 0.1) is 0 Å². The first-order valence-electron chi connectivity index (χ1n) is 5.83. The molecule has 17 heavy (non-hydrogen) atoms. The number of fused-ring (bicyclic) bond motifs is 5. The van der Waals surface area contributed by atoms with E-state index < -0.39 is 0 Å². The highest BCUT2D eigenvalue weighted by Gasteiger charge is 2.22. The molecule has 1 aliphatic carbocycles. The lowest BCUT2D eigenvalue weighted by Gasteiger charge is -2.13. The van der Waals surface area contributed by atoms with Gasteiger partial charge in [-0.1, -0.05) is 18.2 Å². The SMILES string of the molecule is c1ccc2c3c([nH]c2c1)CCc1nccnc1-3. The molecule has 0 saturated carbocycles. The van der Waals surface area contributed by atoms with Crippen molar-refractivity contribution >= 4 is 10.9 Å². The lowest BCUT2D eigenvalue weighted by atomic mass is 9.96. The second kappa shape index (κ2) is 3.17. The van der Waals surface area contributed by atoms with Gasteiger partial charge in [-0.3, -0.25) is 9.97 Å². The predicted molar refractivity (Wildman–Crippen MR) is 66.7 cm³/mol. The second-order valence-electron chi connectivity index (χ2n) is 4.38. The highest BCUT2D eigenvalue weighted by Crippen LogP contribution is 2.36. The number of hydrogen-bond acceptors (Lipinski definition) is 2. The van der Waals surface area contributed by atoms with Crippen LogP contribution in [-0.2, 0) is 12.8 Å². The minimum Gasteiger partial charge on any atom is -0.358 e. The van der Waals surface area contributed by atoms with Gasteiger partial charge in [0.15, 0.2) is 0 Å². The Bertz CT molecular complexity index is 712. The number of H-pyrrole nitrogens is 1. The summed E-state index contributed by atoms with van der Waals surface area (Å²) in [7, 11) is 0. The molecule has 3 nitrogen and oxygen atoms in total. The summed E-state index contributed by atoms with van der Waals surface area (Å²) in [5, 5.41) is 1.25. The largest absolute Gasteiger partial charge is 0.358 e. The Balaban J connectivity index is 2.14. The second-order valence-corrected chi connectivity index (χ2v) is 4.38. The molecule has 0 atom stereocenters. The zero-order valence-electron chi connectivity index (χ0n) is 9.27. The van der Waals surface area contributed by atoms with Crippen molar-refractivity contribution in [3.8, 4) is 11.3 Å². The minimum absolute atomic E-state index is 0.975. The molecule has 0 spiro atoms. The molecule has 0 unspecified atom stereocenters. The van der Waals surface area contributed by atoms with E-state index in [-0.39, 0.29) is 0 Å². The third-order valence-electron chi connectivity index (χ3n) is 3.41. The number of rotatable bonds is 0. The molecule has 82 valence electrons. The van der Waals surface area contributed by atoms with Gasteiger partial charge in [-0.05, 0) is 18.9 Å². The summed E-state index contributed by atoms with van der Waals surface area (Å²) >= 11 is 0. The van der Waals surface area contributed by atoms with Crippen molar-refractivity contribution in [3.63, 3.8) is 0 Å². The lowest BCUT2D eigenvalue weighted by Crippen LogP contribution is -2.06. The van der Waals surface area contributed by atoms with E-state index in [4.69, 9.17) is 0 Å². The highest BCUT2D eigenvalue weighted by molar-refractivity contribution is 5.97. The third-order valence-corrected chi connectivity index (χ3v) is 3.41. The van der Waals surface area contributed by atoms with Gasteiger partial charge >= 0.3 is 0 Å². The molecular formula is C14H11N3. The molecule has 3 heteroatoms. The smallest absolute Gasteiger partial charge is 0.0941 e. The van der Waals surface area contributed by atoms with Crippen LogP contribution in [0.1, 0.15) is 11.4 Å². The summed E-state index contributed by atoms with van der Waals surface area (Å²) in [6.45, 7) is 0. The van der Waals surface area contributed by atoms with Crippen LogP contribution in [0.4, 0.5) is 0 Å². The molecule has 1 aromatic carbocycles. The van der Waals surface area contributed by atoms with Crippen LogP contribution in [0.2, 0.25) is 0 Å². The quantitative estimate of drug-likeness (QED) is 0.634. The molecule has 0 fully saturated rings. The fourth-order valence-electron chi connectivity index (χ4n) is 2.66. The molecule has 3 aromatic rings. The first-order chi connectivity index (χ1) is 8.43. The van der Waals surface area contributed by atoms with Gasteiger partial charge in [-0.15, -0.1) is 0 Å². The summed E-state index contributed by atoms with van der Waals surface area (Å²) in [5.74, 6) is 0. The van der Waals surface area contributed by atoms with Gasteiger partial charge in [0.05, 0.1) is 11.4 Å². The Morgan fingerprint density at radius 3 is 2.88 bits per heavy atom. The standard InChI is InChI=1S/C14H11N3/c1-2-4-10-9(3-1)13-11(17-10)5-6-12-14(13)16-8-7-15-12/h1-4,7-8,17H,5-6H2. The fourth-order valence-corrected chi connectivity index (χ4v) is 2.66. The molecule has 0 amide bonds. The Kier molecular flexibility index (Phi) is 1.66. The van der Waals surface area contributed by atoms with Gasteiger partial charge in [0.2, 0.25) is 0 Å². The van der Waals surface area contributed by atoms with Crippen molar-refractivity contribution < 1.29 is 0 Å². The molecule has 1 N–H and O–H groups in total. The average molecular weight is 221 g/mol. The van der Waals surface area contributed by atoms with Crippen molar-refractivity contribution in [1.82, 2.24) is 15.0 Å². The van der Waals surface area contributed by atoms with Gasteiger partial charge in [0, 0.05) is 34.6 Å². The normalized spacial score (nSPS) is 13.4. The lowest BCUT2D eigenvalue weighted by molar-refractivity contribution is 0.861. The Labute approximate surface area is 98.5 Å². The van der Waals surface area contributed by atoms with Crippen LogP contribution in [0.15, 0.2) is 36.7 Å². The number of nitrogens with zero attached hydrogens (tertiary/aromatic N) is 2. The molecule has 2 heterocycles. The molecular weight excluding hydrogens is 210 g/mol. The highest BCUT2D eigenvalue weighted by atomic mass is 14.8. The number of aromatic nitrogens is 3. The Morgan fingerprint density at radius 1 is 1.00 bits per heavy atom. The third kappa shape index (κ3) is 1.16. The van der Waals surface area contributed by atoms with E-state index in [2.05, 4.69) is 39.2 Å². The Hall–Kier alpha value is -2.16. The summed E-state index contributed by atoms with van der Waals surface area (Å²) in [4.78, 5) is 12.4. The van der Waals surface area contributed by atoms with Gasteiger partial charge < -0.3 is 4.98 Å². The Morgan fingerprint density at radius 2 is 1.88 bits per heavy atom. The van der Waals surface area contributed by atoms with E-state index in [0.717, 1.165) is 24.2 Å². The van der Waals surface area contributed by atoms with Gasteiger partial charge in [0.1, 0.15) is 0 Å². The summed E-state index contributed by atoms with van der Waals surface area (Å²) in [6.07, 6.45) is 5.55. The number of benzene rings is 1. The molecule has 2 aromatic heterocycles. The summed E-state index contributed by atoms with van der Waals surface area (Å²) in [5.41, 5.74) is 5.89. The summed E-state index contributed by atoms with van der Waals surface area (Å²) in [6, 6.07) is 8.39. The molecule has 0 saturated heterocycles. The maximum absolute atomic E-state index is 4.50. The summed E-state index contributed by atoms with van der Waals surface area (Å²) < 4.78 is 0. The number of aromatic amines is 1. The number of para-hydroxylation sites is 1. The average Bonchev–Trinajstić information content (AvgIpc) is 2.77. The van der Waals surface area contributed by atoms with Gasteiger partial charge in [-0.25, -0.2) is 0 Å². The maximum Gasteiger partial charge on any atom is 0.0941 e. The molecule has 0 aliphatic heterocycles. The van der Waals surface area contributed by atoms with Crippen molar-refractivity contribution in [1.29, 1.82) is 0 Å². The first-order valence-corrected chi connectivity index (χ1v) is 5.83. The molecule has 4 rings (SSSR count). The van der Waals surface area contributed by atoms with Crippen LogP contribution in [0.5, 0.6) is 0 Å². The van der Waals surface area contributed by atoms with Crippen LogP contribution < -0.4 is 0 Å². The predicted octanol–water partition coefficient (Wildman–Crippen LogP) is 2.72. The number of aryl methyl sites for hydroxylation is 2. The molecule has 0 bridgehead atoms. The van der Waals surface area contributed by atoms with Crippen molar-refractivity contribution in [2.75, 3.05) is 0 Å². The van der Waals surface area contributed by atoms with Crippen LogP contribution in [0.25, 0.3) is 22.2 Å². The van der Waals surface area contributed by atoms with Crippen molar-refractivity contribution in [2.24, 2.45) is 0 Å². The van der Waals surface area contributed by atoms with E-state index in [1.54, 1.807) is 12.4 Å². The maximum atomic E-state index is 4.50. The van der Waals surface area contributed by atoms with Crippen LogP contribution in [-0.4, -0.2) is 15.0 Å². The first kappa shape index (κ1) is 8.93.